The number of aromatic nitrogens is 2. The molecule has 0 N–H and O–H groups in total. The molecule has 0 unspecified atom stereocenters. The Morgan fingerprint density at radius 3 is 3.14 bits per heavy atom. The molecule has 0 saturated heterocycles. The maximum atomic E-state index is 5.03. The zero-order valence-corrected chi connectivity index (χ0v) is 8.41. The van der Waals surface area contributed by atoms with E-state index in [4.69, 9.17) is 4.42 Å². The zero-order valence-electron chi connectivity index (χ0n) is 7.60. The lowest BCUT2D eigenvalue weighted by Crippen LogP contribution is -1.77. The molecule has 0 aliphatic heterocycles. The van der Waals surface area contributed by atoms with Crippen molar-refractivity contribution in [2.75, 3.05) is 0 Å². The third-order valence-corrected chi connectivity index (χ3v) is 3.16. The number of nitrogens with zero attached hydrogens (tertiary/aromatic N) is 2. The fourth-order valence-electron chi connectivity index (χ4n) is 1.44. The van der Waals surface area contributed by atoms with E-state index in [0.717, 1.165) is 16.2 Å². The van der Waals surface area contributed by atoms with Crippen LogP contribution in [-0.2, 0) is 0 Å². The molecule has 3 rings (SSSR count). The van der Waals surface area contributed by atoms with Gasteiger partial charge in [0.1, 0.15) is 0 Å². The highest BCUT2D eigenvalue weighted by Crippen LogP contribution is 2.23. The van der Waals surface area contributed by atoms with Gasteiger partial charge in [0.2, 0.25) is 0 Å². The smallest absolute Gasteiger partial charge is 0.194 e. The Morgan fingerprint density at radius 1 is 1.50 bits per heavy atom. The van der Waals surface area contributed by atoms with Gasteiger partial charge in [-0.15, -0.1) is 11.3 Å². The van der Waals surface area contributed by atoms with E-state index in [1.165, 1.54) is 5.69 Å². The second kappa shape index (κ2) is 2.72. The third kappa shape index (κ3) is 1.01. The third-order valence-electron chi connectivity index (χ3n) is 2.21. The minimum Gasteiger partial charge on any atom is -0.472 e. The van der Waals surface area contributed by atoms with Gasteiger partial charge in [-0.2, -0.15) is 0 Å². The molecule has 0 amide bonds. The Labute approximate surface area is 84.6 Å². The van der Waals surface area contributed by atoms with Gasteiger partial charge in [-0.3, -0.25) is 4.40 Å². The topological polar surface area (TPSA) is 30.4 Å². The van der Waals surface area contributed by atoms with Crippen LogP contribution in [0, 0.1) is 6.92 Å². The lowest BCUT2D eigenvalue weighted by atomic mass is 10.3. The summed E-state index contributed by atoms with van der Waals surface area (Å²) in [6, 6.07) is 1.92. The number of fused-ring (bicyclic) bond motifs is 1. The van der Waals surface area contributed by atoms with E-state index in [-0.39, 0.29) is 0 Å². The van der Waals surface area contributed by atoms with Crippen LogP contribution in [0.25, 0.3) is 16.2 Å². The summed E-state index contributed by atoms with van der Waals surface area (Å²) < 4.78 is 7.12. The summed E-state index contributed by atoms with van der Waals surface area (Å²) in [5, 5.41) is 2.10. The molecule has 14 heavy (non-hydrogen) atoms. The summed E-state index contributed by atoms with van der Waals surface area (Å²) in [6.07, 6.45) is 5.41. The summed E-state index contributed by atoms with van der Waals surface area (Å²) in [4.78, 5) is 5.52. The van der Waals surface area contributed by atoms with Gasteiger partial charge in [0.25, 0.3) is 0 Å². The molecule has 70 valence electrons. The lowest BCUT2D eigenvalue weighted by molar-refractivity contribution is 0.568. The predicted octanol–water partition coefficient (Wildman–Crippen LogP) is 2.96. The van der Waals surface area contributed by atoms with Crippen molar-refractivity contribution in [2.45, 2.75) is 6.92 Å². The van der Waals surface area contributed by atoms with Crippen molar-refractivity contribution in [1.29, 1.82) is 0 Å². The van der Waals surface area contributed by atoms with Crippen molar-refractivity contribution in [3.05, 3.63) is 35.9 Å². The fourth-order valence-corrected chi connectivity index (χ4v) is 2.29. The highest BCUT2D eigenvalue weighted by Gasteiger charge is 2.07. The molecule has 4 heteroatoms. The maximum Gasteiger partial charge on any atom is 0.194 e. The molecule has 0 atom stereocenters. The van der Waals surface area contributed by atoms with Crippen molar-refractivity contribution in [3.8, 4) is 11.3 Å². The first-order valence-electron chi connectivity index (χ1n) is 4.30. The highest BCUT2D eigenvalue weighted by molar-refractivity contribution is 7.15. The van der Waals surface area contributed by atoms with Crippen molar-refractivity contribution in [2.24, 2.45) is 0 Å². The summed E-state index contributed by atoms with van der Waals surface area (Å²) in [5.74, 6) is 0. The maximum absolute atomic E-state index is 5.03. The molecule has 0 aliphatic rings. The van der Waals surface area contributed by atoms with E-state index >= 15 is 0 Å². The summed E-state index contributed by atoms with van der Waals surface area (Å²) in [7, 11) is 0. The minimum absolute atomic E-state index is 0.966. The number of hydrogen-bond acceptors (Lipinski definition) is 3. The van der Waals surface area contributed by atoms with Crippen LogP contribution >= 0.6 is 11.3 Å². The van der Waals surface area contributed by atoms with Crippen molar-refractivity contribution >= 4 is 16.3 Å². The first kappa shape index (κ1) is 7.82. The Balaban J connectivity index is 2.24. The Bertz CT molecular complexity index is 562. The number of rotatable bonds is 1. The van der Waals surface area contributed by atoms with Gasteiger partial charge < -0.3 is 4.42 Å². The van der Waals surface area contributed by atoms with Crippen LogP contribution in [0.1, 0.15) is 5.69 Å². The Morgan fingerprint density at radius 2 is 2.43 bits per heavy atom. The van der Waals surface area contributed by atoms with Crippen LogP contribution in [0.2, 0.25) is 0 Å². The molecule has 0 saturated carbocycles. The van der Waals surface area contributed by atoms with Crippen LogP contribution in [-0.4, -0.2) is 9.38 Å². The van der Waals surface area contributed by atoms with Crippen LogP contribution in [0.3, 0.4) is 0 Å². The first-order chi connectivity index (χ1) is 6.84. The van der Waals surface area contributed by atoms with Crippen molar-refractivity contribution in [1.82, 2.24) is 9.38 Å². The molecule has 3 nitrogen and oxygen atoms in total. The number of furan rings is 1. The standard InChI is InChI=1S/C10H8N2OS/c1-7-6-14-10-11-9(4-12(7)10)8-2-3-13-5-8/h2-6H,1H3. The number of hydrogen-bond donors (Lipinski definition) is 0. The molecule has 0 fully saturated rings. The average molecular weight is 204 g/mol. The lowest BCUT2D eigenvalue weighted by Gasteiger charge is -1.86. The molecule has 3 heterocycles. The van der Waals surface area contributed by atoms with Gasteiger partial charge in [-0.05, 0) is 13.0 Å². The van der Waals surface area contributed by atoms with E-state index in [9.17, 15) is 0 Å². The van der Waals surface area contributed by atoms with Crippen LogP contribution < -0.4 is 0 Å². The van der Waals surface area contributed by atoms with Crippen LogP contribution in [0.4, 0.5) is 0 Å². The summed E-state index contributed by atoms with van der Waals surface area (Å²) >= 11 is 1.65. The van der Waals surface area contributed by atoms with E-state index in [0.29, 0.717) is 0 Å². The first-order valence-corrected chi connectivity index (χ1v) is 5.18. The second-order valence-electron chi connectivity index (χ2n) is 3.17. The molecule has 0 aliphatic carbocycles. The van der Waals surface area contributed by atoms with Crippen LogP contribution in [0.5, 0.6) is 0 Å². The SMILES string of the molecule is Cc1csc2nc(-c3ccoc3)cn12. The van der Waals surface area contributed by atoms with E-state index < -0.39 is 0 Å². The summed E-state index contributed by atoms with van der Waals surface area (Å²) in [5.41, 5.74) is 3.21. The van der Waals surface area contributed by atoms with Gasteiger partial charge in [0, 0.05) is 22.8 Å². The summed E-state index contributed by atoms with van der Waals surface area (Å²) in [6.45, 7) is 2.07. The predicted molar refractivity (Wildman–Crippen MR) is 55.5 cm³/mol. The normalized spacial score (nSPS) is 11.2. The van der Waals surface area contributed by atoms with Gasteiger partial charge in [-0.1, -0.05) is 0 Å². The minimum atomic E-state index is 0.966. The van der Waals surface area contributed by atoms with Crippen molar-refractivity contribution < 1.29 is 4.42 Å². The molecule has 0 bridgehead atoms. The molecule has 0 aromatic carbocycles. The largest absolute Gasteiger partial charge is 0.472 e. The average Bonchev–Trinajstić information content (AvgIpc) is 2.83. The molecular weight excluding hydrogens is 196 g/mol. The number of aryl methyl sites for hydroxylation is 1. The Kier molecular flexibility index (Phi) is 1.52. The highest BCUT2D eigenvalue weighted by atomic mass is 32.1. The van der Waals surface area contributed by atoms with Gasteiger partial charge in [0.15, 0.2) is 4.96 Å². The zero-order chi connectivity index (χ0) is 9.54. The van der Waals surface area contributed by atoms with E-state index in [1.807, 2.05) is 12.3 Å². The molecular formula is C10H8N2OS. The van der Waals surface area contributed by atoms with E-state index in [2.05, 4.69) is 21.7 Å². The van der Waals surface area contributed by atoms with Gasteiger partial charge in [-0.25, -0.2) is 4.98 Å². The second-order valence-corrected chi connectivity index (χ2v) is 4.00. The van der Waals surface area contributed by atoms with Crippen molar-refractivity contribution in [3.63, 3.8) is 0 Å². The quantitative estimate of drug-likeness (QED) is 0.610. The van der Waals surface area contributed by atoms with E-state index in [1.54, 1.807) is 23.9 Å². The number of imidazole rings is 1. The fraction of sp³-hybridized carbons (Fsp3) is 0.100. The van der Waals surface area contributed by atoms with Gasteiger partial charge in [0.05, 0.1) is 18.2 Å². The molecule has 3 aromatic heterocycles. The monoisotopic (exact) mass is 204 g/mol. The molecule has 3 aromatic rings. The molecule has 0 spiro atoms. The number of thiazole rings is 1. The Hall–Kier alpha value is -1.55. The van der Waals surface area contributed by atoms with Gasteiger partial charge >= 0.3 is 0 Å². The molecule has 0 radical (unpaired) electrons. The van der Waals surface area contributed by atoms with Crippen LogP contribution in [0.15, 0.2) is 34.6 Å².